The van der Waals surface area contributed by atoms with E-state index in [0.29, 0.717) is 59.2 Å². The van der Waals surface area contributed by atoms with Crippen molar-refractivity contribution in [3.63, 3.8) is 0 Å². The molecule has 0 unspecified atom stereocenters. The number of ether oxygens (including phenoxy) is 2. The van der Waals surface area contributed by atoms with E-state index in [-0.39, 0.29) is 17.7 Å². The van der Waals surface area contributed by atoms with Gasteiger partial charge in [-0.05, 0) is 6.42 Å². The summed E-state index contributed by atoms with van der Waals surface area (Å²) in [6.45, 7) is 8.79. The average Bonchev–Trinajstić information content (AvgIpc) is 3.46. The zero-order chi connectivity index (χ0) is 21.0. The van der Waals surface area contributed by atoms with Crippen molar-refractivity contribution in [3.05, 3.63) is 18.2 Å². The van der Waals surface area contributed by atoms with Gasteiger partial charge in [-0.1, -0.05) is 6.92 Å². The second-order valence-electron chi connectivity index (χ2n) is 8.53. The lowest BCUT2D eigenvalue weighted by Gasteiger charge is -2.29. The highest BCUT2D eigenvalue weighted by Crippen LogP contribution is 2.41. The van der Waals surface area contributed by atoms with E-state index in [1.54, 1.807) is 0 Å². The van der Waals surface area contributed by atoms with Gasteiger partial charge in [0, 0.05) is 64.0 Å². The average molecular weight is 420 g/mol. The first-order chi connectivity index (χ1) is 14.6. The van der Waals surface area contributed by atoms with Gasteiger partial charge in [-0.25, -0.2) is 4.98 Å². The number of fused-ring (bicyclic) bond motifs is 1. The van der Waals surface area contributed by atoms with Crippen LogP contribution in [0.3, 0.4) is 0 Å². The first kappa shape index (κ1) is 21.3. The van der Waals surface area contributed by atoms with Crippen molar-refractivity contribution in [2.45, 2.75) is 26.3 Å². The number of rotatable bonds is 8. The topological polar surface area (TPSA) is 88.9 Å². The van der Waals surface area contributed by atoms with E-state index in [9.17, 15) is 9.59 Å². The van der Waals surface area contributed by atoms with Gasteiger partial charge in [0.05, 0.1) is 38.4 Å². The number of nitrogens with zero attached hydrogens (tertiary/aromatic N) is 4. The molecule has 0 radical (unpaired) electrons. The molecule has 2 amide bonds. The summed E-state index contributed by atoms with van der Waals surface area (Å²) in [6, 6.07) is 0. The summed E-state index contributed by atoms with van der Waals surface area (Å²) >= 11 is 0. The van der Waals surface area contributed by atoms with Crippen LogP contribution in [0, 0.1) is 11.3 Å². The highest BCUT2D eigenvalue weighted by Gasteiger charge is 2.55. The summed E-state index contributed by atoms with van der Waals surface area (Å²) < 4.78 is 13.2. The van der Waals surface area contributed by atoms with Crippen molar-refractivity contribution in [2.75, 3.05) is 65.7 Å². The van der Waals surface area contributed by atoms with Gasteiger partial charge in [-0.15, -0.1) is 0 Å². The molecule has 0 bridgehead atoms. The van der Waals surface area contributed by atoms with Crippen LogP contribution in [0.25, 0.3) is 0 Å². The number of hydrogen-bond donors (Lipinski definition) is 1. The molecule has 166 valence electrons. The SMILES string of the molecule is CCc1nccn1CCCNC(=O)[C@@]12COC[C@@H]1CN(CC(=O)N1CCOCC1)C2. The van der Waals surface area contributed by atoms with Crippen LogP contribution >= 0.6 is 0 Å². The second-order valence-corrected chi connectivity index (χ2v) is 8.53. The lowest BCUT2D eigenvalue weighted by Crippen LogP contribution is -2.48. The molecular formula is C21H33N5O4. The van der Waals surface area contributed by atoms with Crippen LogP contribution in [-0.2, 0) is 32.0 Å². The Kier molecular flexibility index (Phi) is 6.70. The first-order valence-electron chi connectivity index (χ1n) is 11.1. The number of morpholine rings is 1. The molecule has 0 aliphatic carbocycles. The van der Waals surface area contributed by atoms with Gasteiger partial charge in [0.25, 0.3) is 0 Å². The molecule has 3 saturated heterocycles. The van der Waals surface area contributed by atoms with Crippen molar-refractivity contribution in [1.29, 1.82) is 0 Å². The molecule has 4 heterocycles. The minimum atomic E-state index is -0.533. The molecule has 9 heteroatoms. The Balaban J connectivity index is 1.27. The first-order valence-corrected chi connectivity index (χ1v) is 11.1. The third-order valence-corrected chi connectivity index (χ3v) is 6.60. The summed E-state index contributed by atoms with van der Waals surface area (Å²) in [5.41, 5.74) is -0.533. The monoisotopic (exact) mass is 419 g/mol. The van der Waals surface area contributed by atoms with Crippen LogP contribution in [0.1, 0.15) is 19.2 Å². The molecule has 1 aromatic heterocycles. The molecular weight excluding hydrogens is 386 g/mol. The fraction of sp³-hybridized carbons (Fsp3) is 0.762. The predicted molar refractivity (Wildman–Crippen MR) is 110 cm³/mol. The van der Waals surface area contributed by atoms with E-state index in [1.165, 1.54) is 0 Å². The number of aromatic nitrogens is 2. The van der Waals surface area contributed by atoms with Crippen molar-refractivity contribution < 1.29 is 19.1 Å². The zero-order valence-corrected chi connectivity index (χ0v) is 17.8. The molecule has 0 aromatic carbocycles. The maximum atomic E-state index is 13.1. The Labute approximate surface area is 177 Å². The quantitative estimate of drug-likeness (QED) is 0.585. The lowest BCUT2D eigenvalue weighted by atomic mass is 9.80. The van der Waals surface area contributed by atoms with Crippen LogP contribution in [-0.4, -0.2) is 96.9 Å². The maximum Gasteiger partial charge on any atom is 0.236 e. The van der Waals surface area contributed by atoms with E-state index in [0.717, 1.165) is 31.8 Å². The van der Waals surface area contributed by atoms with Gasteiger partial charge in [0.1, 0.15) is 5.82 Å². The standard InChI is InChI=1S/C21H33N5O4/c1-2-18-22-5-7-25(18)6-3-4-23-20(28)21-15-24(12-17(21)14-30-16-21)13-19(27)26-8-10-29-11-9-26/h5,7,17H,2-4,6,8-16H2,1H3,(H,23,28)/t17-,21-/m0/s1. The Morgan fingerprint density at radius 1 is 1.30 bits per heavy atom. The number of aryl methyl sites for hydroxylation is 2. The molecule has 3 aliphatic heterocycles. The predicted octanol–water partition coefficient (Wildman–Crippen LogP) is -0.241. The number of carbonyl (C=O) groups is 2. The van der Waals surface area contributed by atoms with Gasteiger partial charge < -0.3 is 24.3 Å². The van der Waals surface area contributed by atoms with E-state index in [1.807, 2.05) is 17.3 Å². The Morgan fingerprint density at radius 3 is 2.93 bits per heavy atom. The molecule has 2 atom stereocenters. The van der Waals surface area contributed by atoms with E-state index < -0.39 is 5.41 Å². The van der Waals surface area contributed by atoms with Gasteiger partial charge in [0.2, 0.25) is 11.8 Å². The maximum absolute atomic E-state index is 13.1. The molecule has 4 rings (SSSR count). The normalized spacial score (nSPS) is 26.7. The smallest absolute Gasteiger partial charge is 0.236 e. The van der Waals surface area contributed by atoms with Crippen LogP contribution in [0.4, 0.5) is 0 Å². The third kappa shape index (κ3) is 4.38. The minimum Gasteiger partial charge on any atom is -0.380 e. The summed E-state index contributed by atoms with van der Waals surface area (Å²) in [4.78, 5) is 34.1. The lowest BCUT2D eigenvalue weighted by molar-refractivity contribution is -0.137. The third-order valence-electron chi connectivity index (χ3n) is 6.60. The number of amides is 2. The van der Waals surface area contributed by atoms with E-state index >= 15 is 0 Å². The molecule has 1 aromatic rings. The molecule has 3 aliphatic rings. The molecule has 3 fully saturated rings. The number of nitrogens with one attached hydrogen (secondary N) is 1. The summed E-state index contributed by atoms with van der Waals surface area (Å²) in [5, 5.41) is 3.13. The zero-order valence-electron chi connectivity index (χ0n) is 17.8. The summed E-state index contributed by atoms with van der Waals surface area (Å²) in [6.07, 6.45) is 5.57. The van der Waals surface area contributed by atoms with Crippen LogP contribution in [0.15, 0.2) is 12.4 Å². The molecule has 0 saturated carbocycles. The van der Waals surface area contributed by atoms with Crippen molar-refractivity contribution in [3.8, 4) is 0 Å². The summed E-state index contributed by atoms with van der Waals surface area (Å²) in [5.74, 6) is 1.41. The van der Waals surface area contributed by atoms with E-state index in [4.69, 9.17) is 9.47 Å². The van der Waals surface area contributed by atoms with Crippen LogP contribution in [0.2, 0.25) is 0 Å². The number of carbonyl (C=O) groups excluding carboxylic acids is 2. The second kappa shape index (κ2) is 9.45. The van der Waals surface area contributed by atoms with Crippen LogP contribution < -0.4 is 5.32 Å². The van der Waals surface area contributed by atoms with Gasteiger partial charge in [-0.3, -0.25) is 14.5 Å². The molecule has 9 nitrogen and oxygen atoms in total. The molecule has 1 N–H and O–H groups in total. The van der Waals surface area contributed by atoms with Gasteiger partial charge in [0.15, 0.2) is 0 Å². The van der Waals surface area contributed by atoms with Crippen molar-refractivity contribution in [1.82, 2.24) is 24.7 Å². The highest BCUT2D eigenvalue weighted by atomic mass is 16.5. The molecule has 0 spiro atoms. The van der Waals surface area contributed by atoms with Gasteiger partial charge in [-0.2, -0.15) is 0 Å². The fourth-order valence-electron chi connectivity index (χ4n) is 4.87. The Hall–Kier alpha value is -1.97. The largest absolute Gasteiger partial charge is 0.380 e. The van der Waals surface area contributed by atoms with Crippen molar-refractivity contribution in [2.24, 2.45) is 11.3 Å². The Bertz CT molecular complexity index is 748. The molecule has 30 heavy (non-hydrogen) atoms. The highest BCUT2D eigenvalue weighted by molar-refractivity contribution is 5.84. The van der Waals surface area contributed by atoms with Crippen molar-refractivity contribution >= 4 is 11.8 Å². The van der Waals surface area contributed by atoms with Crippen LogP contribution in [0.5, 0.6) is 0 Å². The number of imidazole rings is 1. The number of hydrogen-bond acceptors (Lipinski definition) is 6. The van der Waals surface area contributed by atoms with Gasteiger partial charge >= 0.3 is 0 Å². The number of likely N-dealkylation sites (tertiary alicyclic amines) is 1. The minimum absolute atomic E-state index is 0.0627. The fourth-order valence-corrected chi connectivity index (χ4v) is 4.87. The summed E-state index contributed by atoms with van der Waals surface area (Å²) in [7, 11) is 0. The Morgan fingerprint density at radius 2 is 2.13 bits per heavy atom. The van der Waals surface area contributed by atoms with E-state index in [2.05, 4.69) is 26.7 Å².